The minimum atomic E-state index is -4.46. The Labute approximate surface area is 135 Å². The second kappa shape index (κ2) is 6.43. The van der Waals surface area contributed by atoms with Crippen LogP contribution in [0.15, 0.2) is 42.5 Å². The highest BCUT2D eigenvalue weighted by molar-refractivity contribution is 6.35. The van der Waals surface area contributed by atoms with Crippen molar-refractivity contribution in [2.75, 3.05) is 0 Å². The highest BCUT2D eigenvalue weighted by Gasteiger charge is 2.30. The average molecular weight is 342 g/mol. The van der Waals surface area contributed by atoms with Crippen molar-refractivity contribution in [2.24, 2.45) is 0 Å². The summed E-state index contributed by atoms with van der Waals surface area (Å²) in [6, 6.07) is 11.1. The number of nitriles is 1. The van der Waals surface area contributed by atoms with Crippen molar-refractivity contribution in [2.45, 2.75) is 6.18 Å². The molecule has 0 saturated heterocycles. The molecule has 112 valence electrons. The molecule has 0 aliphatic heterocycles. The maximum atomic E-state index is 12.7. The Kier molecular flexibility index (Phi) is 4.80. The van der Waals surface area contributed by atoms with E-state index < -0.39 is 11.7 Å². The molecule has 22 heavy (non-hydrogen) atoms. The van der Waals surface area contributed by atoms with Gasteiger partial charge in [0, 0.05) is 10.0 Å². The largest absolute Gasteiger partial charge is 0.416 e. The molecule has 0 amide bonds. The minimum Gasteiger partial charge on any atom is -0.192 e. The standard InChI is InChI=1S/C16H8Cl2F3N/c17-14-5-4-11(15(18)8-14)6-12(9-22)10-2-1-3-13(7-10)16(19,20)21/h1-8H. The summed E-state index contributed by atoms with van der Waals surface area (Å²) in [4.78, 5) is 0. The summed E-state index contributed by atoms with van der Waals surface area (Å²) in [5, 5.41) is 9.95. The van der Waals surface area contributed by atoms with E-state index in [2.05, 4.69) is 0 Å². The third-order valence-corrected chi connectivity index (χ3v) is 3.45. The fourth-order valence-corrected chi connectivity index (χ4v) is 2.28. The number of alkyl halides is 3. The van der Waals surface area contributed by atoms with Crippen LogP contribution in [0.25, 0.3) is 11.6 Å². The van der Waals surface area contributed by atoms with Crippen molar-refractivity contribution >= 4 is 34.9 Å². The number of hydrogen-bond donors (Lipinski definition) is 0. The summed E-state index contributed by atoms with van der Waals surface area (Å²) in [6.45, 7) is 0. The molecule has 0 unspecified atom stereocenters. The van der Waals surface area contributed by atoms with Gasteiger partial charge in [0.25, 0.3) is 0 Å². The molecule has 2 aromatic rings. The Morgan fingerprint density at radius 3 is 2.41 bits per heavy atom. The van der Waals surface area contributed by atoms with Gasteiger partial charge in [-0.3, -0.25) is 0 Å². The van der Waals surface area contributed by atoms with Gasteiger partial charge in [-0.2, -0.15) is 18.4 Å². The first-order chi connectivity index (χ1) is 10.3. The molecule has 2 aromatic carbocycles. The van der Waals surface area contributed by atoms with Crippen molar-refractivity contribution in [1.82, 2.24) is 0 Å². The number of allylic oxidation sites excluding steroid dienone is 1. The third-order valence-electron chi connectivity index (χ3n) is 2.88. The summed E-state index contributed by atoms with van der Waals surface area (Å²) in [5.74, 6) is 0. The van der Waals surface area contributed by atoms with Gasteiger partial charge in [-0.05, 0) is 41.5 Å². The van der Waals surface area contributed by atoms with E-state index in [9.17, 15) is 18.4 Å². The highest BCUT2D eigenvalue weighted by atomic mass is 35.5. The molecule has 0 saturated carbocycles. The van der Waals surface area contributed by atoms with Crippen LogP contribution >= 0.6 is 23.2 Å². The zero-order valence-corrected chi connectivity index (χ0v) is 12.5. The smallest absolute Gasteiger partial charge is 0.192 e. The predicted octanol–water partition coefficient (Wildman–Crippen LogP) is 6.08. The number of nitrogens with zero attached hydrogens (tertiary/aromatic N) is 1. The summed E-state index contributed by atoms with van der Waals surface area (Å²) in [6.07, 6.45) is -3.04. The maximum Gasteiger partial charge on any atom is 0.416 e. The molecule has 0 radical (unpaired) electrons. The minimum absolute atomic E-state index is 0.0790. The summed E-state index contributed by atoms with van der Waals surface area (Å²) in [7, 11) is 0. The van der Waals surface area contributed by atoms with Crippen LogP contribution in [0, 0.1) is 11.3 Å². The predicted molar refractivity (Wildman–Crippen MR) is 81.4 cm³/mol. The normalized spacial score (nSPS) is 12.1. The highest BCUT2D eigenvalue weighted by Crippen LogP contribution is 2.32. The quantitative estimate of drug-likeness (QED) is 0.479. The molecule has 0 N–H and O–H groups in total. The molecule has 0 aliphatic carbocycles. The molecule has 1 nitrogen and oxygen atoms in total. The monoisotopic (exact) mass is 341 g/mol. The summed E-state index contributed by atoms with van der Waals surface area (Å²) in [5.41, 5.74) is -0.0629. The van der Waals surface area contributed by atoms with Crippen LogP contribution < -0.4 is 0 Å². The first-order valence-electron chi connectivity index (χ1n) is 6.06. The molecule has 0 aliphatic rings. The van der Waals surface area contributed by atoms with Crippen LogP contribution in [-0.2, 0) is 6.18 Å². The lowest BCUT2D eigenvalue weighted by Gasteiger charge is -2.08. The summed E-state index contributed by atoms with van der Waals surface area (Å²) >= 11 is 11.8. The van der Waals surface area contributed by atoms with Gasteiger partial charge in [0.2, 0.25) is 0 Å². The van der Waals surface area contributed by atoms with Gasteiger partial charge in [-0.25, -0.2) is 0 Å². The Morgan fingerprint density at radius 2 is 1.82 bits per heavy atom. The molecular formula is C16H8Cl2F3N. The van der Waals surface area contributed by atoms with Crippen molar-refractivity contribution in [3.8, 4) is 6.07 Å². The number of hydrogen-bond acceptors (Lipinski definition) is 1. The molecule has 0 atom stereocenters. The first kappa shape index (κ1) is 16.4. The zero-order chi connectivity index (χ0) is 16.3. The lowest BCUT2D eigenvalue weighted by atomic mass is 10.0. The lowest BCUT2D eigenvalue weighted by molar-refractivity contribution is -0.137. The van der Waals surface area contributed by atoms with Gasteiger partial charge in [0.1, 0.15) is 0 Å². The fraction of sp³-hybridized carbons (Fsp3) is 0.0625. The molecule has 0 spiro atoms. The Hall–Kier alpha value is -1.96. The maximum absolute atomic E-state index is 12.7. The van der Waals surface area contributed by atoms with Gasteiger partial charge in [0.05, 0.1) is 17.2 Å². The van der Waals surface area contributed by atoms with E-state index in [0.29, 0.717) is 15.6 Å². The Morgan fingerprint density at radius 1 is 1.09 bits per heavy atom. The van der Waals surface area contributed by atoms with Gasteiger partial charge in [-0.15, -0.1) is 0 Å². The molecule has 0 aromatic heterocycles. The second-order valence-electron chi connectivity index (χ2n) is 4.41. The first-order valence-corrected chi connectivity index (χ1v) is 6.81. The van der Waals surface area contributed by atoms with Crippen molar-refractivity contribution < 1.29 is 13.2 Å². The molecule has 6 heteroatoms. The zero-order valence-electron chi connectivity index (χ0n) is 11.0. The van der Waals surface area contributed by atoms with E-state index in [1.807, 2.05) is 6.07 Å². The van der Waals surface area contributed by atoms with Gasteiger partial charge in [0.15, 0.2) is 0 Å². The van der Waals surface area contributed by atoms with Gasteiger partial charge >= 0.3 is 6.18 Å². The van der Waals surface area contributed by atoms with E-state index in [1.165, 1.54) is 24.3 Å². The van der Waals surface area contributed by atoms with Crippen LogP contribution in [0.5, 0.6) is 0 Å². The van der Waals surface area contributed by atoms with Gasteiger partial charge in [-0.1, -0.05) is 41.4 Å². The summed E-state index contributed by atoms with van der Waals surface area (Å²) < 4.78 is 38.2. The topological polar surface area (TPSA) is 23.8 Å². The molecule has 0 fully saturated rings. The van der Waals surface area contributed by atoms with Crippen molar-refractivity contribution in [3.63, 3.8) is 0 Å². The van der Waals surface area contributed by atoms with Crippen molar-refractivity contribution in [1.29, 1.82) is 5.26 Å². The lowest BCUT2D eigenvalue weighted by Crippen LogP contribution is -2.04. The Balaban J connectivity index is 2.49. The second-order valence-corrected chi connectivity index (χ2v) is 5.26. The van der Waals surface area contributed by atoms with E-state index >= 15 is 0 Å². The molecule has 0 bridgehead atoms. The third kappa shape index (κ3) is 3.82. The number of halogens is 5. The fourth-order valence-electron chi connectivity index (χ4n) is 1.82. The van der Waals surface area contributed by atoms with Crippen LogP contribution in [0.2, 0.25) is 10.0 Å². The molecule has 2 rings (SSSR count). The van der Waals surface area contributed by atoms with Crippen LogP contribution in [-0.4, -0.2) is 0 Å². The van der Waals surface area contributed by atoms with Crippen LogP contribution in [0.3, 0.4) is 0 Å². The van der Waals surface area contributed by atoms with Crippen LogP contribution in [0.1, 0.15) is 16.7 Å². The van der Waals surface area contributed by atoms with E-state index in [4.69, 9.17) is 23.2 Å². The Bertz CT molecular complexity index is 774. The number of rotatable bonds is 2. The average Bonchev–Trinajstić information content (AvgIpc) is 2.46. The molecular weight excluding hydrogens is 334 g/mol. The van der Waals surface area contributed by atoms with Crippen molar-refractivity contribution in [3.05, 3.63) is 69.2 Å². The van der Waals surface area contributed by atoms with E-state index in [0.717, 1.165) is 12.1 Å². The number of benzene rings is 2. The SMILES string of the molecule is N#CC(=Cc1ccc(Cl)cc1Cl)c1cccc(C(F)(F)F)c1. The van der Waals surface area contributed by atoms with Crippen LogP contribution in [0.4, 0.5) is 13.2 Å². The van der Waals surface area contributed by atoms with Gasteiger partial charge < -0.3 is 0 Å². The molecule has 0 heterocycles. The van der Waals surface area contributed by atoms with E-state index in [1.54, 1.807) is 12.1 Å². The van der Waals surface area contributed by atoms with E-state index in [-0.39, 0.29) is 11.1 Å².